The number of nitrogen functional groups attached to an aromatic ring is 2. The van der Waals surface area contributed by atoms with Crippen LogP contribution in [0.25, 0.3) is 0 Å². The number of carbonyl (C=O) groups excluding carboxylic acids is 1. The maximum absolute atomic E-state index is 12.2. The molecule has 0 bridgehead atoms. The van der Waals surface area contributed by atoms with Crippen molar-refractivity contribution in [2.45, 2.75) is 0 Å². The highest BCUT2D eigenvalue weighted by Crippen LogP contribution is 2.25. The number of anilines is 3. The maximum Gasteiger partial charge on any atom is 0.257 e. The highest BCUT2D eigenvalue weighted by molar-refractivity contribution is 6.09. The average Bonchev–Trinajstić information content (AvgIpc) is 2.42. The lowest BCUT2D eigenvalue weighted by Gasteiger charge is -2.11. The molecule has 0 aliphatic rings. The predicted octanol–water partition coefficient (Wildman–Crippen LogP) is 2.11. The van der Waals surface area contributed by atoms with Gasteiger partial charge in [0, 0.05) is 0 Å². The number of hydrogen-bond donors (Lipinski definition) is 3. The molecule has 0 aliphatic carbocycles. The van der Waals surface area contributed by atoms with Gasteiger partial charge in [0.2, 0.25) is 0 Å². The molecule has 0 aromatic heterocycles. The maximum atomic E-state index is 12.2. The molecular weight excluding hydrogens is 242 g/mol. The first-order chi connectivity index (χ1) is 9.13. The van der Waals surface area contributed by atoms with Gasteiger partial charge in [-0.2, -0.15) is 0 Å². The molecule has 0 saturated heterocycles. The lowest BCUT2D eigenvalue weighted by atomic mass is 10.1. The van der Waals surface area contributed by atoms with Crippen molar-refractivity contribution in [3.63, 3.8) is 0 Å². The summed E-state index contributed by atoms with van der Waals surface area (Å²) in [5, 5.41) is 2.75. The number of hydrogen-bond acceptors (Lipinski definition) is 4. The van der Waals surface area contributed by atoms with Crippen molar-refractivity contribution in [3.8, 4) is 5.75 Å². The first-order valence-corrected chi connectivity index (χ1v) is 5.72. The van der Waals surface area contributed by atoms with Gasteiger partial charge in [-0.05, 0) is 24.3 Å². The summed E-state index contributed by atoms with van der Waals surface area (Å²) in [4.78, 5) is 12.2. The van der Waals surface area contributed by atoms with Crippen LogP contribution in [0.3, 0.4) is 0 Å². The number of ether oxygens (including phenoxy) is 1. The summed E-state index contributed by atoms with van der Waals surface area (Å²) in [7, 11) is 1.54. The smallest absolute Gasteiger partial charge is 0.257 e. The number of nitrogens with one attached hydrogen (secondary N) is 1. The Morgan fingerprint density at radius 1 is 1.11 bits per heavy atom. The van der Waals surface area contributed by atoms with Crippen molar-refractivity contribution in [2.75, 3.05) is 23.9 Å². The molecule has 0 atom stereocenters. The molecule has 0 fully saturated rings. The topological polar surface area (TPSA) is 90.4 Å². The number of methoxy groups -OCH3 is 1. The number of para-hydroxylation sites is 3. The number of carbonyl (C=O) groups is 1. The summed E-state index contributed by atoms with van der Waals surface area (Å²) >= 11 is 0. The summed E-state index contributed by atoms with van der Waals surface area (Å²) < 4.78 is 5.17. The van der Waals surface area contributed by atoms with Crippen LogP contribution in [-0.2, 0) is 0 Å². The zero-order valence-electron chi connectivity index (χ0n) is 10.5. The Morgan fingerprint density at radius 3 is 2.58 bits per heavy atom. The van der Waals surface area contributed by atoms with Crippen LogP contribution in [0.5, 0.6) is 5.75 Å². The van der Waals surface area contributed by atoms with Gasteiger partial charge in [-0.15, -0.1) is 0 Å². The zero-order chi connectivity index (χ0) is 13.8. The van der Waals surface area contributed by atoms with Gasteiger partial charge in [-0.3, -0.25) is 4.79 Å². The van der Waals surface area contributed by atoms with Gasteiger partial charge >= 0.3 is 0 Å². The fourth-order valence-electron chi connectivity index (χ4n) is 1.72. The second-order valence-corrected chi connectivity index (χ2v) is 3.96. The molecule has 0 unspecified atom stereocenters. The molecule has 0 heterocycles. The Morgan fingerprint density at radius 2 is 1.84 bits per heavy atom. The molecule has 1 amide bonds. The lowest BCUT2D eigenvalue weighted by molar-refractivity contribution is 0.102. The van der Waals surface area contributed by atoms with Crippen LogP contribution in [0.2, 0.25) is 0 Å². The van der Waals surface area contributed by atoms with Gasteiger partial charge in [-0.1, -0.05) is 18.2 Å². The molecular formula is C14H15N3O2. The van der Waals surface area contributed by atoms with E-state index in [1.807, 2.05) is 6.07 Å². The summed E-state index contributed by atoms with van der Waals surface area (Å²) in [6.07, 6.45) is 0. The Bertz CT molecular complexity index is 611. The third kappa shape index (κ3) is 2.60. The van der Waals surface area contributed by atoms with Crippen LogP contribution in [0.4, 0.5) is 17.1 Å². The van der Waals surface area contributed by atoms with E-state index >= 15 is 0 Å². The van der Waals surface area contributed by atoms with Gasteiger partial charge in [0.05, 0.1) is 29.7 Å². The van der Waals surface area contributed by atoms with Crippen LogP contribution < -0.4 is 21.5 Å². The molecule has 5 heteroatoms. The molecule has 0 spiro atoms. The highest BCUT2D eigenvalue weighted by Gasteiger charge is 2.13. The van der Waals surface area contributed by atoms with Crippen molar-refractivity contribution >= 4 is 23.0 Å². The van der Waals surface area contributed by atoms with Gasteiger partial charge in [0.1, 0.15) is 5.75 Å². The molecule has 2 aromatic carbocycles. The van der Waals surface area contributed by atoms with Gasteiger partial charge in [-0.25, -0.2) is 0 Å². The molecule has 19 heavy (non-hydrogen) atoms. The minimum Gasteiger partial charge on any atom is -0.495 e. The zero-order valence-corrected chi connectivity index (χ0v) is 10.5. The first kappa shape index (κ1) is 12.8. The van der Waals surface area contributed by atoms with Crippen molar-refractivity contribution in [2.24, 2.45) is 0 Å². The van der Waals surface area contributed by atoms with Crippen molar-refractivity contribution in [3.05, 3.63) is 48.0 Å². The Kier molecular flexibility index (Phi) is 3.56. The third-order valence-corrected chi connectivity index (χ3v) is 2.74. The highest BCUT2D eigenvalue weighted by atomic mass is 16.5. The minimum absolute atomic E-state index is 0.273. The molecule has 2 aromatic rings. The molecule has 0 saturated carbocycles. The van der Waals surface area contributed by atoms with Gasteiger partial charge < -0.3 is 21.5 Å². The number of rotatable bonds is 3. The average molecular weight is 257 g/mol. The first-order valence-electron chi connectivity index (χ1n) is 5.72. The molecule has 5 nitrogen and oxygen atoms in total. The Hall–Kier alpha value is -2.69. The van der Waals surface area contributed by atoms with E-state index in [2.05, 4.69) is 5.32 Å². The third-order valence-electron chi connectivity index (χ3n) is 2.74. The predicted molar refractivity (Wildman–Crippen MR) is 76.2 cm³/mol. The van der Waals surface area contributed by atoms with Crippen LogP contribution in [0.1, 0.15) is 10.4 Å². The van der Waals surface area contributed by atoms with E-state index in [1.165, 1.54) is 0 Å². The van der Waals surface area contributed by atoms with Crippen LogP contribution in [-0.4, -0.2) is 13.0 Å². The minimum atomic E-state index is -0.325. The summed E-state index contributed by atoms with van der Waals surface area (Å²) in [5.74, 6) is 0.257. The lowest BCUT2D eigenvalue weighted by Crippen LogP contribution is -2.15. The quantitative estimate of drug-likeness (QED) is 0.734. The molecule has 98 valence electrons. The van der Waals surface area contributed by atoms with E-state index in [0.717, 1.165) is 0 Å². The standard InChI is InChI=1S/C14H15N3O2/c1-19-12-8-3-2-7-11(12)17-14(18)9-5-4-6-10(15)13(9)16/h2-8H,15-16H2,1H3,(H,17,18). The summed E-state index contributed by atoms with van der Waals surface area (Å²) in [6, 6.07) is 12.1. The van der Waals surface area contributed by atoms with Crippen LogP contribution in [0.15, 0.2) is 42.5 Å². The summed E-state index contributed by atoms with van der Waals surface area (Å²) in [6.45, 7) is 0. The normalized spacial score (nSPS) is 9.95. The van der Waals surface area contributed by atoms with E-state index < -0.39 is 0 Å². The number of nitrogens with two attached hydrogens (primary N) is 2. The second-order valence-electron chi connectivity index (χ2n) is 3.96. The SMILES string of the molecule is COc1ccccc1NC(=O)c1cccc(N)c1N. The fourth-order valence-corrected chi connectivity index (χ4v) is 1.72. The second kappa shape index (κ2) is 5.30. The Labute approximate surface area is 111 Å². The summed E-state index contributed by atoms with van der Waals surface area (Å²) in [5.41, 5.74) is 13.0. The van der Waals surface area contributed by atoms with Gasteiger partial charge in [0.25, 0.3) is 5.91 Å². The van der Waals surface area contributed by atoms with E-state index in [-0.39, 0.29) is 11.6 Å². The van der Waals surface area contributed by atoms with E-state index in [4.69, 9.17) is 16.2 Å². The Balaban J connectivity index is 2.28. The van der Waals surface area contributed by atoms with Crippen molar-refractivity contribution in [1.82, 2.24) is 0 Å². The molecule has 2 rings (SSSR count). The van der Waals surface area contributed by atoms with Crippen molar-refractivity contribution in [1.29, 1.82) is 0 Å². The fraction of sp³-hybridized carbons (Fsp3) is 0.0714. The molecule has 5 N–H and O–H groups in total. The van der Waals surface area contributed by atoms with Crippen LogP contribution >= 0.6 is 0 Å². The number of benzene rings is 2. The van der Waals surface area contributed by atoms with Crippen molar-refractivity contribution < 1.29 is 9.53 Å². The largest absolute Gasteiger partial charge is 0.495 e. The van der Waals surface area contributed by atoms with E-state index in [1.54, 1.807) is 43.5 Å². The van der Waals surface area contributed by atoms with Gasteiger partial charge in [0.15, 0.2) is 0 Å². The van der Waals surface area contributed by atoms with Crippen LogP contribution in [0, 0.1) is 0 Å². The monoisotopic (exact) mass is 257 g/mol. The number of amides is 1. The van der Waals surface area contributed by atoms with E-state index in [9.17, 15) is 4.79 Å². The van der Waals surface area contributed by atoms with E-state index in [0.29, 0.717) is 22.7 Å². The molecule has 0 aliphatic heterocycles. The molecule has 0 radical (unpaired) electrons.